The van der Waals surface area contributed by atoms with Crippen molar-refractivity contribution < 1.29 is 19.1 Å². The third kappa shape index (κ3) is 5.34. The Balaban J connectivity index is 1.73. The van der Waals surface area contributed by atoms with E-state index in [0.29, 0.717) is 13.1 Å². The van der Waals surface area contributed by atoms with Crippen LogP contribution < -0.4 is 15.5 Å². The maximum Gasteiger partial charge on any atom is 0.407 e. The van der Waals surface area contributed by atoms with Crippen molar-refractivity contribution in [3.05, 3.63) is 54.1 Å². The summed E-state index contributed by atoms with van der Waals surface area (Å²) in [4.78, 5) is 37.0. The summed E-state index contributed by atoms with van der Waals surface area (Å²) in [5.74, 6) is -0.259. The minimum atomic E-state index is -0.539. The van der Waals surface area contributed by atoms with Gasteiger partial charge in [-0.2, -0.15) is 0 Å². The summed E-state index contributed by atoms with van der Waals surface area (Å²) in [5.41, 5.74) is 2.97. The predicted molar refractivity (Wildman–Crippen MR) is 110 cm³/mol. The van der Waals surface area contributed by atoms with E-state index in [0.717, 1.165) is 22.4 Å². The number of carbonyl (C=O) groups excluding carboxylic acids is 3. The number of amides is 4. The van der Waals surface area contributed by atoms with Crippen LogP contribution in [0, 0.1) is 0 Å². The fraction of sp³-hybridized carbons (Fsp3) is 0.318. The zero-order chi connectivity index (χ0) is 21.0. The fourth-order valence-corrected chi connectivity index (χ4v) is 3.04. The summed E-state index contributed by atoms with van der Waals surface area (Å²) in [5, 5.41) is 5.09. The minimum absolute atomic E-state index is 0.259. The van der Waals surface area contributed by atoms with Crippen LogP contribution in [0.5, 0.6) is 0 Å². The van der Waals surface area contributed by atoms with Gasteiger partial charge in [0, 0.05) is 25.1 Å². The van der Waals surface area contributed by atoms with Crippen molar-refractivity contribution in [2.45, 2.75) is 39.3 Å². The number of hydrogen-bond donors (Lipinski definition) is 2. The highest BCUT2D eigenvalue weighted by Crippen LogP contribution is 2.31. The van der Waals surface area contributed by atoms with Crippen molar-refractivity contribution in [1.29, 1.82) is 0 Å². The number of nitrogens with zero attached hydrogens (tertiary/aromatic N) is 1. The molecule has 1 saturated heterocycles. The van der Waals surface area contributed by atoms with Crippen LogP contribution in [0.2, 0.25) is 0 Å². The maximum atomic E-state index is 12.2. The standard InChI is InChI=1S/C22H25N3O4/c1-22(2,3)29-21(28)23-14-15-8-10-16(11-9-15)17-6-4-5-7-18(17)25-13-12-19(26)24-20(25)27/h4-11H,12-14H2,1-3H3,(H,23,28)(H,24,26,27). The third-order valence-electron chi connectivity index (χ3n) is 4.35. The molecule has 0 bridgehead atoms. The minimum Gasteiger partial charge on any atom is -0.444 e. The highest BCUT2D eigenvalue weighted by Gasteiger charge is 2.26. The highest BCUT2D eigenvalue weighted by atomic mass is 16.6. The molecule has 3 rings (SSSR count). The first-order valence-electron chi connectivity index (χ1n) is 9.49. The van der Waals surface area contributed by atoms with Crippen molar-refractivity contribution in [2.24, 2.45) is 0 Å². The zero-order valence-corrected chi connectivity index (χ0v) is 16.8. The second-order valence-electron chi connectivity index (χ2n) is 7.82. The van der Waals surface area contributed by atoms with E-state index in [1.165, 1.54) is 0 Å². The zero-order valence-electron chi connectivity index (χ0n) is 16.8. The van der Waals surface area contributed by atoms with Crippen LogP contribution in [0.25, 0.3) is 11.1 Å². The number of anilines is 1. The molecule has 152 valence electrons. The number of ether oxygens (including phenoxy) is 1. The van der Waals surface area contributed by atoms with Gasteiger partial charge in [0.15, 0.2) is 0 Å². The largest absolute Gasteiger partial charge is 0.444 e. The first-order valence-corrected chi connectivity index (χ1v) is 9.49. The molecule has 2 aromatic rings. The number of carbonyl (C=O) groups is 3. The van der Waals surface area contributed by atoms with E-state index in [1.54, 1.807) is 4.90 Å². The van der Waals surface area contributed by atoms with Gasteiger partial charge in [-0.15, -0.1) is 0 Å². The van der Waals surface area contributed by atoms with Gasteiger partial charge in [-0.1, -0.05) is 42.5 Å². The molecule has 1 heterocycles. The van der Waals surface area contributed by atoms with Gasteiger partial charge in [0.25, 0.3) is 0 Å². The molecule has 0 saturated carbocycles. The SMILES string of the molecule is CC(C)(C)OC(=O)NCc1ccc(-c2ccccc2N2CCC(=O)NC2=O)cc1. The van der Waals surface area contributed by atoms with Crippen LogP contribution in [-0.2, 0) is 16.1 Å². The van der Waals surface area contributed by atoms with Gasteiger partial charge in [0.1, 0.15) is 5.60 Å². The van der Waals surface area contributed by atoms with Gasteiger partial charge in [-0.3, -0.25) is 15.0 Å². The normalized spacial score (nSPS) is 14.4. The van der Waals surface area contributed by atoms with Gasteiger partial charge in [-0.25, -0.2) is 9.59 Å². The Kier molecular flexibility index (Phi) is 5.87. The first-order chi connectivity index (χ1) is 13.7. The Bertz CT molecular complexity index is 916. The number of alkyl carbamates (subject to hydrolysis) is 1. The molecular formula is C22H25N3O4. The van der Waals surface area contributed by atoms with Crippen molar-refractivity contribution in [1.82, 2.24) is 10.6 Å². The molecule has 7 heteroatoms. The molecule has 4 amide bonds. The number of hydrogen-bond acceptors (Lipinski definition) is 4. The lowest BCUT2D eigenvalue weighted by Gasteiger charge is -2.28. The van der Waals surface area contributed by atoms with Crippen molar-refractivity contribution >= 4 is 23.7 Å². The van der Waals surface area contributed by atoms with Crippen LogP contribution >= 0.6 is 0 Å². The molecule has 7 nitrogen and oxygen atoms in total. The summed E-state index contributed by atoms with van der Waals surface area (Å²) < 4.78 is 5.24. The molecule has 1 fully saturated rings. The average Bonchev–Trinajstić information content (AvgIpc) is 2.66. The van der Waals surface area contributed by atoms with Gasteiger partial charge in [-0.05, 0) is 38.0 Å². The molecular weight excluding hydrogens is 370 g/mol. The van der Waals surface area contributed by atoms with Gasteiger partial charge in [0.05, 0.1) is 5.69 Å². The summed E-state index contributed by atoms with van der Waals surface area (Å²) in [6.07, 6.45) is -0.187. The lowest BCUT2D eigenvalue weighted by atomic mass is 10.0. The van der Waals surface area contributed by atoms with E-state index < -0.39 is 17.7 Å². The van der Waals surface area contributed by atoms with Crippen LogP contribution in [0.15, 0.2) is 48.5 Å². The molecule has 0 aromatic heterocycles. The van der Waals surface area contributed by atoms with E-state index in [2.05, 4.69) is 10.6 Å². The number of imide groups is 1. The van der Waals surface area contributed by atoms with E-state index >= 15 is 0 Å². The molecule has 0 atom stereocenters. The molecule has 1 aliphatic rings. The van der Waals surface area contributed by atoms with Gasteiger partial charge >= 0.3 is 12.1 Å². The molecule has 0 spiro atoms. The number of para-hydroxylation sites is 1. The Morgan fingerprint density at radius 2 is 1.79 bits per heavy atom. The van der Waals surface area contributed by atoms with Crippen molar-refractivity contribution in [3.63, 3.8) is 0 Å². The van der Waals surface area contributed by atoms with Gasteiger partial charge < -0.3 is 10.1 Å². The third-order valence-corrected chi connectivity index (χ3v) is 4.35. The Morgan fingerprint density at radius 1 is 1.10 bits per heavy atom. The van der Waals surface area contributed by atoms with Gasteiger partial charge in [0.2, 0.25) is 5.91 Å². The lowest BCUT2D eigenvalue weighted by Crippen LogP contribution is -2.49. The molecule has 0 unspecified atom stereocenters. The quantitative estimate of drug-likeness (QED) is 0.824. The summed E-state index contributed by atoms with van der Waals surface area (Å²) in [6, 6.07) is 14.9. The van der Waals surface area contributed by atoms with Crippen LogP contribution in [0.3, 0.4) is 0 Å². The molecule has 0 aliphatic carbocycles. The first kappa shape index (κ1) is 20.4. The second-order valence-corrected chi connectivity index (χ2v) is 7.82. The van der Waals surface area contributed by atoms with Crippen molar-refractivity contribution in [2.75, 3.05) is 11.4 Å². The second kappa shape index (κ2) is 8.34. The summed E-state index contributed by atoms with van der Waals surface area (Å²) >= 11 is 0. The Labute approximate surface area is 170 Å². The number of urea groups is 1. The van der Waals surface area contributed by atoms with Crippen LogP contribution in [-0.4, -0.2) is 30.2 Å². The summed E-state index contributed by atoms with van der Waals surface area (Å²) in [6.45, 7) is 6.15. The van der Waals surface area contributed by atoms with E-state index in [4.69, 9.17) is 4.74 Å². The number of rotatable bonds is 4. The highest BCUT2D eigenvalue weighted by molar-refractivity contribution is 6.07. The lowest BCUT2D eigenvalue weighted by molar-refractivity contribution is -0.120. The molecule has 1 aliphatic heterocycles. The van der Waals surface area contributed by atoms with E-state index in [1.807, 2.05) is 69.3 Å². The molecule has 2 aromatic carbocycles. The smallest absolute Gasteiger partial charge is 0.407 e. The Hall–Kier alpha value is -3.35. The molecule has 29 heavy (non-hydrogen) atoms. The van der Waals surface area contributed by atoms with Crippen LogP contribution in [0.1, 0.15) is 32.8 Å². The number of benzene rings is 2. The fourth-order valence-electron chi connectivity index (χ4n) is 3.04. The van der Waals surface area contributed by atoms with Crippen LogP contribution in [0.4, 0.5) is 15.3 Å². The molecule has 2 N–H and O–H groups in total. The maximum absolute atomic E-state index is 12.2. The Morgan fingerprint density at radius 3 is 2.45 bits per heavy atom. The summed E-state index contributed by atoms with van der Waals surface area (Å²) in [7, 11) is 0. The monoisotopic (exact) mass is 395 g/mol. The molecule has 0 radical (unpaired) electrons. The van der Waals surface area contributed by atoms with E-state index in [-0.39, 0.29) is 12.3 Å². The average molecular weight is 395 g/mol. The predicted octanol–water partition coefficient (Wildman–Crippen LogP) is 3.82. The number of nitrogens with one attached hydrogen (secondary N) is 2. The topological polar surface area (TPSA) is 87.7 Å². The van der Waals surface area contributed by atoms with Crippen molar-refractivity contribution in [3.8, 4) is 11.1 Å². The van der Waals surface area contributed by atoms with E-state index in [9.17, 15) is 14.4 Å².